The van der Waals surface area contributed by atoms with Gasteiger partial charge in [0.1, 0.15) is 17.8 Å². The Morgan fingerprint density at radius 2 is 2.00 bits per heavy atom. The van der Waals surface area contributed by atoms with E-state index in [0.29, 0.717) is 11.7 Å². The van der Waals surface area contributed by atoms with Crippen LogP contribution in [0.5, 0.6) is 0 Å². The van der Waals surface area contributed by atoms with Gasteiger partial charge in [-0.15, -0.1) is 0 Å². The van der Waals surface area contributed by atoms with Crippen LogP contribution in [-0.4, -0.2) is 64.4 Å². The lowest BCUT2D eigenvalue weighted by Crippen LogP contribution is -2.48. The number of hydrogen-bond acceptors (Lipinski definition) is 5. The van der Waals surface area contributed by atoms with Crippen LogP contribution in [0, 0.1) is 0 Å². The van der Waals surface area contributed by atoms with Crippen molar-refractivity contribution in [3.63, 3.8) is 0 Å². The minimum absolute atomic E-state index is 0.000328. The molecule has 2 rings (SSSR count). The van der Waals surface area contributed by atoms with Gasteiger partial charge in [0.2, 0.25) is 0 Å². The normalized spacial score (nSPS) is 17.6. The van der Waals surface area contributed by atoms with Crippen molar-refractivity contribution >= 4 is 11.7 Å². The number of anilines is 1. The van der Waals surface area contributed by atoms with Crippen LogP contribution in [0.15, 0.2) is 12.4 Å². The van der Waals surface area contributed by atoms with E-state index >= 15 is 0 Å². The van der Waals surface area contributed by atoms with Crippen LogP contribution in [-0.2, 0) is 0 Å². The lowest BCUT2D eigenvalue weighted by atomic mass is 10.2. The molecular formula is C15H25N5O. The number of piperazine rings is 1. The largest absolute Gasteiger partial charge is 0.368 e. The fourth-order valence-electron chi connectivity index (χ4n) is 2.34. The zero-order valence-corrected chi connectivity index (χ0v) is 13.2. The van der Waals surface area contributed by atoms with Crippen molar-refractivity contribution in [1.82, 2.24) is 19.8 Å². The van der Waals surface area contributed by atoms with Gasteiger partial charge < -0.3 is 15.1 Å². The zero-order valence-electron chi connectivity index (χ0n) is 13.2. The van der Waals surface area contributed by atoms with E-state index in [2.05, 4.69) is 41.0 Å². The van der Waals surface area contributed by atoms with Crippen LogP contribution in [0.4, 0.5) is 5.82 Å². The third kappa shape index (κ3) is 4.14. The maximum absolute atomic E-state index is 12.5. The van der Waals surface area contributed by atoms with E-state index in [1.54, 1.807) is 6.07 Å². The molecular weight excluding hydrogens is 266 g/mol. The fourth-order valence-corrected chi connectivity index (χ4v) is 2.34. The molecule has 1 aliphatic rings. The molecule has 0 radical (unpaired) electrons. The first-order chi connectivity index (χ1) is 10.1. The van der Waals surface area contributed by atoms with Gasteiger partial charge in [-0.1, -0.05) is 13.8 Å². The molecule has 0 aliphatic carbocycles. The maximum Gasteiger partial charge on any atom is 0.272 e. The maximum atomic E-state index is 12.5. The van der Waals surface area contributed by atoms with Crippen LogP contribution in [0.25, 0.3) is 0 Å². The molecule has 2 heterocycles. The summed E-state index contributed by atoms with van der Waals surface area (Å²) in [6.45, 7) is 10.8. The molecule has 1 atom stereocenters. The van der Waals surface area contributed by atoms with Gasteiger partial charge >= 0.3 is 0 Å². The van der Waals surface area contributed by atoms with E-state index in [1.807, 2.05) is 4.90 Å². The summed E-state index contributed by atoms with van der Waals surface area (Å²) < 4.78 is 0. The van der Waals surface area contributed by atoms with Gasteiger partial charge in [0.05, 0.1) is 0 Å². The number of aromatic nitrogens is 2. The number of hydrogen-bond donors (Lipinski definition) is 1. The predicted molar refractivity (Wildman–Crippen MR) is 83.4 cm³/mol. The lowest BCUT2D eigenvalue weighted by Gasteiger charge is -2.33. The predicted octanol–water partition coefficient (Wildman–Crippen LogP) is 1.46. The lowest BCUT2D eigenvalue weighted by molar-refractivity contribution is 0.0637. The second-order valence-electron chi connectivity index (χ2n) is 5.47. The molecule has 1 aliphatic heterocycles. The Morgan fingerprint density at radius 1 is 1.29 bits per heavy atom. The summed E-state index contributed by atoms with van der Waals surface area (Å²) in [4.78, 5) is 25.0. The zero-order chi connectivity index (χ0) is 15.2. The Kier molecular flexibility index (Phi) is 5.50. The third-order valence-corrected chi connectivity index (χ3v) is 4.00. The molecule has 0 spiro atoms. The number of nitrogens with one attached hydrogen (secondary N) is 1. The average Bonchev–Trinajstić information content (AvgIpc) is 2.54. The van der Waals surface area contributed by atoms with Gasteiger partial charge in [-0.2, -0.15) is 0 Å². The summed E-state index contributed by atoms with van der Waals surface area (Å²) >= 11 is 0. The van der Waals surface area contributed by atoms with Crippen molar-refractivity contribution < 1.29 is 4.79 Å². The molecule has 1 aromatic rings. The molecule has 1 amide bonds. The first kappa shape index (κ1) is 15.7. The van der Waals surface area contributed by atoms with Crippen molar-refractivity contribution in [2.75, 3.05) is 38.0 Å². The number of carbonyl (C=O) groups excluding carboxylic acids is 1. The van der Waals surface area contributed by atoms with E-state index in [-0.39, 0.29) is 5.91 Å². The number of nitrogens with zero attached hydrogens (tertiary/aromatic N) is 4. The Morgan fingerprint density at radius 3 is 2.62 bits per heavy atom. The van der Waals surface area contributed by atoms with Gasteiger partial charge in [0.25, 0.3) is 5.91 Å². The van der Waals surface area contributed by atoms with Crippen LogP contribution >= 0.6 is 0 Å². The van der Waals surface area contributed by atoms with E-state index in [0.717, 1.165) is 45.0 Å². The monoisotopic (exact) mass is 291 g/mol. The summed E-state index contributed by atoms with van der Waals surface area (Å²) in [6, 6.07) is 2.08. The summed E-state index contributed by atoms with van der Waals surface area (Å²) in [5, 5.41) is 3.28. The third-order valence-electron chi connectivity index (χ3n) is 4.00. The Bertz CT molecular complexity index is 471. The highest BCUT2D eigenvalue weighted by atomic mass is 16.2. The van der Waals surface area contributed by atoms with Gasteiger partial charge in [0.15, 0.2) is 0 Å². The van der Waals surface area contributed by atoms with Crippen molar-refractivity contribution in [3.8, 4) is 0 Å². The topological polar surface area (TPSA) is 61.4 Å². The second-order valence-corrected chi connectivity index (χ2v) is 5.47. The van der Waals surface area contributed by atoms with Gasteiger partial charge in [-0.3, -0.25) is 4.79 Å². The first-order valence-corrected chi connectivity index (χ1v) is 7.74. The average molecular weight is 291 g/mol. The Hall–Kier alpha value is -1.69. The Balaban J connectivity index is 2.01. The molecule has 6 nitrogen and oxygen atoms in total. The van der Waals surface area contributed by atoms with Crippen LogP contribution in [0.1, 0.15) is 37.7 Å². The summed E-state index contributed by atoms with van der Waals surface area (Å²) in [5.74, 6) is 0.718. The van der Waals surface area contributed by atoms with E-state index < -0.39 is 0 Å². The highest BCUT2D eigenvalue weighted by Crippen LogP contribution is 2.11. The van der Waals surface area contributed by atoms with Gasteiger partial charge in [-0.05, 0) is 19.9 Å². The molecule has 21 heavy (non-hydrogen) atoms. The van der Waals surface area contributed by atoms with Crippen molar-refractivity contribution in [1.29, 1.82) is 0 Å². The molecule has 1 unspecified atom stereocenters. The van der Waals surface area contributed by atoms with Crippen molar-refractivity contribution in [2.24, 2.45) is 0 Å². The molecule has 0 aromatic carbocycles. The number of amides is 1. The molecule has 0 bridgehead atoms. The van der Waals surface area contributed by atoms with Crippen LogP contribution < -0.4 is 5.32 Å². The van der Waals surface area contributed by atoms with Crippen LogP contribution in [0.2, 0.25) is 0 Å². The van der Waals surface area contributed by atoms with Gasteiger partial charge in [-0.25, -0.2) is 9.97 Å². The van der Waals surface area contributed by atoms with Gasteiger partial charge in [0, 0.05) is 38.3 Å². The quantitative estimate of drug-likeness (QED) is 0.890. The number of carbonyl (C=O) groups is 1. The Labute approximate surface area is 126 Å². The van der Waals surface area contributed by atoms with Crippen molar-refractivity contribution in [3.05, 3.63) is 18.1 Å². The van der Waals surface area contributed by atoms with E-state index in [9.17, 15) is 4.79 Å². The molecule has 1 saturated heterocycles. The SMILES string of the molecule is CCC(C)Nc1cc(C(=O)N2CCN(CC)CC2)ncn1. The molecule has 0 saturated carbocycles. The van der Waals surface area contributed by atoms with Crippen LogP contribution in [0.3, 0.4) is 0 Å². The standard InChI is InChI=1S/C15H25N5O/c1-4-12(3)18-14-10-13(16-11-17-14)15(21)20-8-6-19(5-2)7-9-20/h10-12H,4-9H2,1-3H3,(H,16,17,18). The highest BCUT2D eigenvalue weighted by molar-refractivity contribution is 5.93. The molecule has 1 fully saturated rings. The van der Waals surface area contributed by atoms with E-state index in [1.165, 1.54) is 6.33 Å². The minimum Gasteiger partial charge on any atom is -0.368 e. The van der Waals surface area contributed by atoms with Crippen molar-refractivity contribution in [2.45, 2.75) is 33.2 Å². The van der Waals surface area contributed by atoms with E-state index in [4.69, 9.17) is 0 Å². The summed E-state index contributed by atoms with van der Waals surface area (Å²) in [6.07, 6.45) is 2.46. The summed E-state index contributed by atoms with van der Waals surface area (Å²) in [7, 11) is 0. The smallest absolute Gasteiger partial charge is 0.272 e. The molecule has 116 valence electrons. The molecule has 1 N–H and O–H groups in total. The molecule has 6 heteroatoms. The first-order valence-electron chi connectivity index (χ1n) is 7.74. The number of rotatable bonds is 5. The molecule has 1 aromatic heterocycles. The summed E-state index contributed by atoms with van der Waals surface area (Å²) in [5.41, 5.74) is 0.473. The highest BCUT2D eigenvalue weighted by Gasteiger charge is 2.22. The minimum atomic E-state index is 0.000328. The number of likely N-dealkylation sites (N-methyl/N-ethyl adjacent to an activating group) is 1. The fraction of sp³-hybridized carbons (Fsp3) is 0.667. The second kappa shape index (κ2) is 7.36.